The van der Waals surface area contributed by atoms with Crippen LogP contribution in [0.2, 0.25) is 0 Å². The van der Waals surface area contributed by atoms with Crippen LogP contribution in [0.4, 0.5) is 4.39 Å². The van der Waals surface area contributed by atoms with Crippen LogP contribution in [-0.4, -0.2) is 15.9 Å². The van der Waals surface area contributed by atoms with E-state index in [-0.39, 0.29) is 17.3 Å². The van der Waals surface area contributed by atoms with E-state index in [0.29, 0.717) is 4.47 Å². The number of ether oxygens (including phenoxy) is 1. The van der Waals surface area contributed by atoms with Crippen molar-refractivity contribution >= 4 is 21.8 Å². The highest BCUT2D eigenvalue weighted by Gasteiger charge is 2.14. The van der Waals surface area contributed by atoms with E-state index in [4.69, 9.17) is 10.5 Å². The van der Waals surface area contributed by atoms with Gasteiger partial charge in [-0.15, -0.1) is 0 Å². The molecule has 0 saturated heterocycles. The van der Waals surface area contributed by atoms with E-state index in [2.05, 4.69) is 25.9 Å². The topological polar surface area (TPSA) is 78.1 Å². The number of nitrogens with zero attached hydrogens (tertiary/aromatic N) is 2. The SMILES string of the molecule is NC(=O)c1nccnc1Oc1cc(F)ccc1Br. The molecule has 0 radical (unpaired) electrons. The van der Waals surface area contributed by atoms with Gasteiger partial charge in [0.15, 0.2) is 5.69 Å². The molecule has 1 amide bonds. The number of hydrogen-bond acceptors (Lipinski definition) is 4. The van der Waals surface area contributed by atoms with Crippen molar-refractivity contribution in [2.24, 2.45) is 5.73 Å². The van der Waals surface area contributed by atoms with Gasteiger partial charge in [0.05, 0.1) is 4.47 Å². The summed E-state index contributed by atoms with van der Waals surface area (Å²) < 4.78 is 18.9. The molecule has 0 aliphatic heterocycles. The third-order valence-corrected chi connectivity index (χ3v) is 2.65. The van der Waals surface area contributed by atoms with Gasteiger partial charge in [0.25, 0.3) is 11.8 Å². The molecule has 2 N–H and O–H groups in total. The quantitative estimate of drug-likeness (QED) is 0.943. The lowest BCUT2D eigenvalue weighted by Gasteiger charge is -2.08. The third-order valence-electron chi connectivity index (χ3n) is 2.00. The number of aromatic nitrogens is 2. The average molecular weight is 312 g/mol. The Bertz CT molecular complexity index is 607. The van der Waals surface area contributed by atoms with Crippen LogP contribution < -0.4 is 10.5 Å². The predicted molar refractivity (Wildman–Crippen MR) is 64.7 cm³/mol. The van der Waals surface area contributed by atoms with Gasteiger partial charge in [-0.05, 0) is 28.1 Å². The minimum absolute atomic E-state index is 0.0729. The monoisotopic (exact) mass is 311 g/mol. The largest absolute Gasteiger partial charge is 0.436 e. The number of hydrogen-bond donors (Lipinski definition) is 1. The molecule has 0 fully saturated rings. The smallest absolute Gasteiger partial charge is 0.272 e. The van der Waals surface area contributed by atoms with Crippen LogP contribution in [0.5, 0.6) is 11.6 Å². The van der Waals surface area contributed by atoms with E-state index in [1.54, 1.807) is 0 Å². The highest BCUT2D eigenvalue weighted by molar-refractivity contribution is 9.10. The first-order chi connectivity index (χ1) is 8.58. The molecule has 7 heteroatoms. The van der Waals surface area contributed by atoms with Crippen molar-refractivity contribution in [3.8, 4) is 11.6 Å². The van der Waals surface area contributed by atoms with Crippen LogP contribution in [0, 0.1) is 5.82 Å². The Hall–Kier alpha value is -2.02. The summed E-state index contributed by atoms with van der Waals surface area (Å²) in [5, 5.41) is 0. The van der Waals surface area contributed by atoms with E-state index < -0.39 is 11.7 Å². The number of halogens is 2. The van der Waals surface area contributed by atoms with Gasteiger partial charge in [-0.3, -0.25) is 4.79 Å². The highest BCUT2D eigenvalue weighted by Crippen LogP contribution is 2.30. The summed E-state index contributed by atoms with van der Waals surface area (Å²) in [6.45, 7) is 0. The maximum Gasteiger partial charge on any atom is 0.272 e. The second-order valence-electron chi connectivity index (χ2n) is 3.25. The number of carbonyl (C=O) groups excluding carboxylic acids is 1. The van der Waals surface area contributed by atoms with E-state index in [0.717, 1.165) is 6.07 Å². The fourth-order valence-electron chi connectivity index (χ4n) is 1.23. The molecule has 0 aliphatic rings. The van der Waals surface area contributed by atoms with E-state index in [1.807, 2.05) is 0 Å². The number of amides is 1. The molecule has 92 valence electrons. The minimum Gasteiger partial charge on any atom is -0.436 e. The molecule has 0 aliphatic carbocycles. The van der Waals surface area contributed by atoms with Gasteiger partial charge in [-0.1, -0.05) is 0 Å². The molecular weight excluding hydrogens is 305 g/mol. The summed E-state index contributed by atoms with van der Waals surface area (Å²) in [5.74, 6) is -1.14. The maximum absolute atomic E-state index is 13.1. The van der Waals surface area contributed by atoms with Gasteiger partial charge in [0, 0.05) is 18.5 Å². The zero-order valence-electron chi connectivity index (χ0n) is 8.93. The molecule has 0 unspecified atom stereocenters. The van der Waals surface area contributed by atoms with Crippen molar-refractivity contribution in [2.75, 3.05) is 0 Å². The Labute approximate surface area is 110 Å². The fourth-order valence-corrected chi connectivity index (χ4v) is 1.56. The maximum atomic E-state index is 13.1. The van der Waals surface area contributed by atoms with E-state index in [9.17, 15) is 9.18 Å². The Morgan fingerprint density at radius 1 is 1.33 bits per heavy atom. The lowest BCUT2D eigenvalue weighted by molar-refractivity contribution is 0.0992. The number of primary amides is 1. The van der Waals surface area contributed by atoms with E-state index >= 15 is 0 Å². The van der Waals surface area contributed by atoms with Crippen molar-refractivity contribution in [3.63, 3.8) is 0 Å². The van der Waals surface area contributed by atoms with Crippen molar-refractivity contribution in [1.29, 1.82) is 0 Å². The molecule has 2 rings (SSSR count). The summed E-state index contributed by atoms with van der Waals surface area (Å²) in [6.07, 6.45) is 2.66. The third kappa shape index (κ3) is 2.62. The lowest BCUT2D eigenvalue weighted by atomic mass is 10.3. The molecule has 1 heterocycles. The van der Waals surface area contributed by atoms with Gasteiger partial charge < -0.3 is 10.5 Å². The summed E-state index contributed by atoms with van der Waals surface area (Å²) in [4.78, 5) is 18.7. The Kier molecular flexibility index (Phi) is 3.52. The lowest BCUT2D eigenvalue weighted by Crippen LogP contribution is -2.15. The van der Waals surface area contributed by atoms with Gasteiger partial charge in [0.1, 0.15) is 11.6 Å². The summed E-state index contributed by atoms with van der Waals surface area (Å²) in [6, 6.07) is 3.90. The molecule has 0 atom stereocenters. The van der Waals surface area contributed by atoms with Crippen molar-refractivity contribution in [1.82, 2.24) is 9.97 Å². The fraction of sp³-hybridized carbons (Fsp3) is 0. The van der Waals surface area contributed by atoms with E-state index in [1.165, 1.54) is 24.5 Å². The Morgan fingerprint density at radius 3 is 2.78 bits per heavy atom. The molecule has 1 aromatic heterocycles. The zero-order valence-corrected chi connectivity index (χ0v) is 10.5. The molecule has 2 aromatic rings. The Morgan fingerprint density at radius 2 is 2.06 bits per heavy atom. The normalized spacial score (nSPS) is 10.1. The van der Waals surface area contributed by atoms with Crippen molar-refractivity contribution in [3.05, 3.63) is 46.6 Å². The summed E-state index contributed by atoms with van der Waals surface area (Å²) in [7, 11) is 0. The molecule has 0 bridgehead atoms. The van der Waals surface area contributed by atoms with Crippen LogP contribution in [0.3, 0.4) is 0 Å². The minimum atomic E-state index is -0.773. The molecule has 18 heavy (non-hydrogen) atoms. The van der Waals surface area contributed by atoms with Crippen molar-refractivity contribution < 1.29 is 13.9 Å². The first-order valence-electron chi connectivity index (χ1n) is 4.81. The number of benzene rings is 1. The van der Waals surface area contributed by atoms with Crippen LogP contribution >= 0.6 is 15.9 Å². The molecule has 0 spiro atoms. The molecular formula is C11H7BrFN3O2. The van der Waals surface area contributed by atoms with Gasteiger partial charge >= 0.3 is 0 Å². The molecule has 0 saturated carbocycles. The summed E-state index contributed by atoms with van der Waals surface area (Å²) >= 11 is 3.19. The number of carbonyl (C=O) groups is 1. The standard InChI is InChI=1S/C11H7BrFN3O2/c12-7-2-1-6(13)5-8(7)18-11-9(10(14)17)15-3-4-16-11/h1-5H,(H2,14,17). The van der Waals surface area contributed by atoms with Crippen LogP contribution in [0.1, 0.15) is 10.5 Å². The molecule has 5 nitrogen and oxygen atoms in total. The number of rotatable bonds is 3. The van der Waals surface area contributed by atoms with Crippen molar-refractivity contribution in [2.45, 2.75) is 0 Å². The van der Waals surface area contributed by atoms with Gasteiger partial charge in [-0.2, -0.15) is 0 Å². The zero-order chi connectivity index (χ0) is 13.1. The van der Waals surface area contributed by atoms with Crippen LogP contribution in [-0.2, 0) is 0 Å². The Balaban J connectivity index is 2.40. The van der Waals surface area contributed by atoms with Gasteiger partial charge in [-0.25, -0.2) is 14.4 Å². The average Bonchev–Trinajstić information content (AvgIpc) is 2.34. The van der Waals surface area contributed by atoms with Crippen LogP contribution in [0.15, 0.2) is 35.1 Å². The second kappa shape index (κ2) is 5.09. The highest BCUT2D eigenvalue weighted by atomic mass is 79.9. The number of nitrogens with two attached hydrogens (primary N) is 1. The molecule has 1 aromatic carbocycles. The second-order valence-corrected chi connectivity index (χ2v) is 4.11. The van der Waals surface area contributed by atoms with Gasteiger partial charge in [0.2, 0.25) is 0 Å². The first kappa shape index (κ1) is 12.4. The van der Waals surface area contributed by atoms with Crippen LogP contribution in [0.25, 0.3) is 0 Å². The summed E-state index contributed by atoms with van der Waals surface area (Å²) in [5.41, 5.74) is 5.01. The predicted octanol–water partition coefficient (Wildman–Crippen LogP) is 2.27. The first-order valence-corrected chi connectivity index (χ1v) is 5.61.